The standard InChI is InChI=1S/C15H17N3O4S/c1-2-12(19)6-7-16-14(20)13-9-23-15(17-13)10-4-3-5-11(8-10)18(21)22/h3-5,8-9,12,19H,2,6-7H2,1H3,(H,16,20). The molecule has 0 aliphatic carbocycles. The van der Waals surface area contributed by atoms with Gasteiger partial charge < -0.3 is 10.4 Å². The summed E-state index contributed by atoms with van der Waals surface area (Å²) in [7, 11) is 0. The van der Waals surface area contributed by atoms with Crippen LogP contribution in [0.5, 0.6) is 0 Å². The zero-order valence-electron chi connectivity index (χ0n) is 12.6. The van der Waals surface area contributed by atoms with E-state index in [1.807, 2.05) is 6.92 Å². The first-order chi connectivity index (χ1) is 11.0. The quantitative estimate of drug-likeness (QED) is 0.597. The van der Waals surface area contributed by atoms with Gasteiger partial charge in [0.05, 0.1) is 11.0 Å². The van der Waals surface area contributed by atoms with Gasteiger partial charge in [-0.2, -0.15) is 0 Å². The fourth-order valence-electron chi connectivity index (χ4n) is 1.91. The molecule has 122 valence electrons. The molecule has 0 saturated heterocycles. The average Bonchev–Trinajstić information content (AvgIpc) is 3.04. The first kappa shape index (κ1) is 17.0. The number of aliphatic hydroxyl groups is 1. The van der Waals surface area contributed by atoms with E-state index in [0.717, 1.165) is 0 Å². The number of nitrogens with one attached hydrogen (secondary N) is 1. The van der Waals surface area contributed by atoms with Crippen LogP contribution in [0.3, 0.4) is 0 Å². The molecule has 8 heteroatoms. The molecule has 2 rings (SSSR count). The van der Waals surface area contributed by atoms with E-state index in [1.54, 1.807) is 17.5 Å². The van der Waals surface area contributed by atoms with Crippen molar-refractivity contribution in [3.8, 4) is 10.6 Å². The normalized spacial score (nSPS) is 11.9. The third-order valence-electron chi connectivity index (χ3n) is 3.28. The van der Waals surface area contributed by atoms with Gasteiger partial charge in [0.1, 0.15) is 10.7 Å². The Balaban J connectivity index is 2.04. The predicted octanol–water partition coefficient (Wildman–Crippen LogP) is 2.61. The molecule has 23 heavy (non-hydrogen) atoms. The number of non-ortho nitro benzene ring substituents is 1. The van der Waals surface area contributed by atoms with Crippen LogP contribution in [0.1, 0.15) is 30.3 Å². The number of nitro groups is 1. The van der Waals surface area contributed by atoms with Gasteiger partial charge in [-0.05, 0) is 12.8 Å². The highest BCUT2D eigenvalue weighted by Gasteiger charge is 2.14. The summed E-state index contributed by atoms with van der Waals surface area (Å²) in [4.78, 5) is 26.5. The number of benzene rings is 1. The number of hydrogen-bond donors (Lipinski definition) is 2. The van der Waals surface area contributed by atoms with Crippen LogP contribution >= 0.6 is 11.3 Å². The minimum Gasteiger partial charge on any atom is -0.393 e. The fourth-order valence-corrected chi connectivity index (χ4v) is 2.71. The zero-order valence-corrected chi connectivity index (χ0v) is 13.4. The number of aliphatic hydroxyl groups excluding tert-OH is 1. The van der Waals surface area contributed by atoms with E-state index in [2.05, 4.69) is 10.3 Å². The molecular formula is C15H17N3O4S. The second kappa shape index (κ2) is 7.80. The van der Waals surface area contributed by atoms with E-state index in [4.69, 9.17) is 0 Å². The maximum Gasteiger partial charge on any atom is 0.270 e. The molecule has 1 amide bonds. The van der Waals surface area contributed by atoms with Gasteiger partial charge in [0.25, 0.3) is 11.6 Å². The molecule has 0 aliphatic rings. The van der Waals surface area contributed by atoms with Crippen molar-refractivity contribution in [3.63, 3.8) is 0 Å². The Bertz CT molecular complexity index is 702. The molecule has 0 saturated carbocycles. The van der Waals surface area contributed by atoms with Crippen LogP contribution in [0, 0.1) is 10.1 Å². The lowest BCUT2D eigenvalue weighted by Crippen LogP contribution is -2.27. The molecule has 1 heterocycles. The predicted molar refractivity (Wildman–Crippen MR) is 87.5 cm³/mol. The highest BCUT2D eigenvalue weighted by molar-refractivity contribution is 7.13. The lowest BCUT2D eigenvalue weighted by atomic mass is 10.2. The van der Waals surface area contributed by atoms with Crippen molar-refractivity contribution in [2.75, 3.05) is 6.54 Å². The molecule has 2 N–H and O–H groups in total. The molecule has 1 unspecified atom stereocenters. The lowest BCUT2D eigenvalue weighted by molar-refractivity contribution is -0.384. The van der Waals surface area contributed by atoms with Gasteiger partial charge in [0.2, 0.25) is 0 Å². The molecule has 7 nitrogen and oxygen atoms in total. The Morgan fingerprint density at radius 2 is 2.30 bits per heavy atom. The number of nitrogens with zero attached hydrogens (tertiary/aromatic N) is 2. The minimum absolute atomic E-state index is 0.0164. The average molecular weight is 335 g/mol. The highest BCUT2D eigenvalue weighted by Crippen LogP contribution is 2.26. The van der Waals surface area contributed by atoms with Crippen molar-refractivity contribution < 1.29 is 14.8 Å². The number of rotatable bonds is 7. The summed E-state index contributed by atoms with van der Waals surface area (Å²) in [5, 5.41) is 25.1. The largest absolute Gasteiger partial charge is 0.393 e. The Labute approximate surface area is 137 Å². The number of aromatic nitrogens is 1. The van der Waals surface area contributed by atoms with Crippen LogP contribution in [-0.4, -0.2) is 33.6 Å². The van der Waals surface area contributed by atoms with Gasteiger partial charge in [-0.1, -0.05) is 19.1 Å². The van der Waals surface area contributed by atoms with Crippen LogP contribution in [0.4, 0.5) is 5.69 Å². The van der Waals surface area contributed by atoms with E-state index in [1.165, 1.54) is 23.5 Å². The summed E-state index contributed by atoms with van der Waals surface area (Å²) < 4.78 is 0. The number of carbonyl (C=O) groups is 1. The maximum atomic E-state index is 12.0. The Kier molecular flexibility index (Phi) is 5.78. The number of thiazole rings is 1. The van der Waals surface area contributed by atoms with Crippen LogP contribution in [0.15, 0.2) is 29.6 Å². The number of nitro benzene ring substituents is 1. The molecular weight excluding hydrogens is 318 g/mol. The van der Waals surface area contributed by atoms with Crippen molar-refractivity contribution in [3.05, 3.63) is 45.5 Å². The molecule has 1 aromatic carbocycles. The van der Waals surface area contributed by atoms with Gasteiger partial charge >= 0.3 is 0 Å². The van der Waals surface area contributed by atoms with Crippen LogP contribution in [0.2, 0.25) is 0 Å². The van der Waals surface area contributed by atoms with Crippen molar-refractivity contribution in [2.24, 2.45) is 0 Å². The molecule has 0 aliphatic heterocycles. The van der Waals surface area contributed by atoms with E-state index >= 15 is 0 Å². The first-order valence-electron chi connectivity index (χ1n) is 7.18. The molecule has 2 aromatic rings. The minimum atomic E-state index is -0.468. The van der Waals surface area contributed by atoms with Crippen molar-refractivity contribution in [2.45, 2.75) is 25.9 Å². The van der Waals surface area contributed by atoms with Gasteiger partial charge in [0, 0.05) is 29.6 Å². The van der Waals surface area contributed by atoms with Crippen LogP contribution in [0.25, 0.3) is 10.6 Å². The lowest BCUT2D eigenvalue weighted by Gasteiger charge is -2.07. The summed E-state index contributed by atoms with van der Waals surface area (Å²) >= 11 is 1.25. The fraction of sp³-hybridized carbons (Fsp3) is 0.333. The van der Waals surface area contributed by atoms with Crippen LogP contribution < -0.4 is 5.32 Å². The second-order valence-electron chi connectivity index (χ2n) is 4.95. The monoisotopic (exact) mass is 335 g/mol. The van der Waals surface area contributed by atoms with Gasteiger partial charge in [0.15, 0.2) is 0 Å². The highest BCUT2D eigenvalue weighted by atomic mass is 32.1. The maximum absolute atomic E-state index is 12.0. The number of hydrogen-bond acceptors (Lipinski definition) is 6. The molecule has 1 aromatic heterocycles. The molecule has 0 spiro atoms. The van der Waals surface area contributed by atoms with Gasteiger partial charge in [-0.3, -0.25) is 14.9 Å². The molecule has 0 radical (unpaired) electrons. The smallest absolute Gasteiger partial charge is 0.270 e. The molecule has 0 bridgehead atoms. The van der Waals surface area contributed by atoms with E-state index in [0.29, 0.717) is 30.0 Å². The van der Waals surface area contributed by atoms with Crippen molar-refractivity contribution in [1.82, 2.24) is 10.3 Å². The third-order valence-corrected chi connectivity index (χ3v) is 4.17. The Morgan fingerprint density at radius 1 is 1.52 bits per heavy atom. The van der Waals surface area contributed by atoms with Crippen LogP contribution in [-0.2, 0) is 0 Å². The third kappa shape index (κ3) is 4.57. The van der Waals surface area contributed by atoms with Crippen molar-refractivity contribution in [1.29, 1.82) is 0 Å². The zero-order chi connectivity index (χ0) is 16.8. The van der Waals surface area contributed by atoms with E-state index < -0.39 is 11.0 Å². The van der Waals surface area contributed by atoms with E-state index in [9.17, 15) is 20.0 Å². The molecule has 0 fully saturated rings. The Hall–Kier alpha value is -2.32. The SMILES string of the molecule is CCC(O)CCNC(=O)c1csc(-c2cccc([N+](=O)[O-])c2)n1. The number of amides is 1. The number of carbonyl (C=O) groups excluding carboxylic acids is 1. The molecule has 1 atom stereocenters. The first-order valence-corrected chi connectivity index (χ1v) is 8.05. The second-order valence-corrected chi connectivity index (χ2v) is 5.81. The summed E-state index contributed by atoms with van der Waals surface area (Å²) in [6.45, 7) is 2.25. The summed E-state index contributed by atoms with van der Waals surface area (Å²) in [5.41, 5.74) is 0.851. The summed E-state index contributed by atoms with van der Waals surface area (Å²) in [5.74, 6) is -0.318. The Morgan fingerprint density at radius 3 is 3.00 bits per heavy atom. The summed E-state index contributed by atoms with van der Waals surface area (Å²) in [6, 6.07) is 6.13. The van der Waals surface area contributed by atoms with Crippen molar-refractivity contribution >= 4 is 22.9 Å². The van der Waals surface area contributed by atoms with Gasteiger partial charge in [-0.15, -0.1) is 11.3 Å². The van der Waals surface area contributed by atoms with Gasteiger partial charge in [-0.25, -0.2) is 4.98 Å². The summed E-state index contributed by atoms with van der Waals surface area (Å²) in [6.07, 6.45) is 0.708. The van der Waals surface area contributed by atoms with E-state index in [-0.39, 0.29) is 17.3 Å². The topological polar surface area (TPSA) is 105 Å².